The summed E-state index contributed by atoms with van der Waals surface area (Å²) in [7, 11) is 1.38. The van der Waals surface area contributed by atoms with Crippen LogP contribution >= 0.6 is 11.3 Å². The van der Waals surface area contributed by atoms with E-state index >= 15 is 0 Å². The van der Waals surface area contributed by atoms with E-state index in [1.54, 1.807) is 12.3 Å². The maximum Gasteiger partial charge on any atom is 0.337 e. The molecule has 218 valence electrons. The number of amides is 1. The minimum atomic E-state index is -0.346. The number of carbonyl (C=O) groups excluding carboxylic acids is 2. The zero-order valence-corrected chi connectivity index (χ0v) is 25.0. The van der Waals surface area contributed by atoms with Gasteiger partial charge in [-0.05, 0) is 83.8 Å². The van der Waals surface area contributed by atoms with Gasteiger partial charge in [-0.25, -0.2) is 9.78 Å². The lowest BCUT2D eigenvalue weighted by atomic mass is 10.0. The van der Waals surface area contributed by atoms with Gasteiger partial charge in [-0.3, -0.25) is 4.79 Å². The molecular formula is C35H33N3O4S. The van der Waals surface area contributed by atoms with Gasteiger partial charge in [0.05, 0.1) is 42.1 Å². The van der Waals surface area contributed by atoms with Crippen molar-refractivity contribution in [3.8, 4) is 11.1 Å². The minimum Gasteiger partial charge on any atom is -0.465 e. The van der Waals surface area contributed by atoms with Crippen molar-refractivity contribution >= 4 is 44.8 Å². The number of nitrogens with one attached hydrogen (secondary N) is 1. The number of carbonyl (C=O) groups is 2. The molecule has 1 fully saturated rings. The number of hydrogen-bond donors (Lipinski definition) is 1. The number of piperidine rings is 1. The Kier molecular flexibility index (Phi) is 8.49. The van der Waals surface area contributed by atoms with Crippen LogP contribution in [0.4, 0.5) is 11.5 Å². The van der Waals surface area contributed by atoms with Crippen LogP contribution in [0, 0.1) is 6.92 Å². The normalized spacial score (nSPS) is 13.7. The van der Waals surface area contributed by atoms with E-state index in [1.807, 2.05) is 55.5 Å². The summed E-state index contributed by atoms with van der Waals surface area (Å²) in [5.41, 5.74) is 5.44. The van der Waals surface area contributed by atoms with Gasteiger partial charge in [0.25, 0.3) is 5.91 Å². The molecule has 6 rings (SSSR count). The molecule has 0 atom stereocenters. The predicted molar refractivity (Wildman–Crippen MR) is 172 cm³/mol. The lowest BCUT2D eigenvalue weighted by molar-refractivity contribution is 0.0250. The van der Waals surface area contributed by atoms with Crippen LogP contribution in [0.2, 0.25) is 0 Å². The minimum absolute atomic E-state index is 0.121. The smallest absolute Gasteiger partial charge is 0.337 e. The lowest BCUT2D eigenvalue weighted by Gasteiger charge is -2.32. The molecule has 1 N–H and O–H groups in total. The molecular weight excluding hydrogens is 558 g/mol. The first kappa shape index (κ1) is 28.6. The van der Waals surface area contributed by atoms with E-state index in [1.165, 1.54) is 18.4 Å². The average Bonchev–Trinajstić information content (AvgIpc) is 3.40. The van der Waals surface area contributed by atoms with Crippen LogP contribution < -0.4 is 10.2 Å². The number of aromatic nitrogens is 1. The fourth-order valence-corrected chi connectivity index (χ4v) is 6.54. The summed E-state index contributed by atoms with van der Waals surface area (Å²) < 4.78 is 12.0. The molecule has 3 aromatic carbocycles. The molecule has 43 heavy (non-hydrogen) atoms. The quantitative estimate of drug-likeness (QED) is 0.188. The summed E-state index contributed by atoms with van der Waals surface area (Å²) in [5, 5.41) is 4.14. The van der Waals surface area contributed by atoms with Gasteiger partial charge in [0.15, 0.2) is 0 Å². The maximum absolute atomic E-state index is 13.2. The molecule has 0 aliphatic carbocycles. The van der Waals surface area contributed by atoms with Gasteiger partial charge in [-0.2, -0.15) is 0 Å². The molecule has 8 heteroatoms. The number of rotatable bonds is 8. The third kappa shape index (κ3) is 6.45. The number of ether oxygens (including phenoxy) is 2. The van der Waals surface area contributed by atoms with Crippen molar-refractivity contribution in [1.82, 2.24) is 4.98 Å². The Balaban J connectivity index is 1.03. The van der Waals surface area contributed by atoms with Gasteiger partial charge < -0.3 is 19.7 Å². The van der Waals surface area contributed by atoms with E-state index in [4.69, 9.17) is 9.47 Å². The second-order valence-corrected chi connectivity index (χ2v) is 11.7. The lowest BCUT2D eigenvalue weighted by Crippen LogP contribution is -2.37. The molecule has 1 saturated heterocycles. The highest BCUT2D eigenvalue weighted by Crippen LogP contribution is 2.34. The fraction of sp³-hybridized carbons (Fsp3) is 0.229. The van der Waals surface area contributed by atoms with Crippen LogP contribution in [0.15, 0.2) is 91.1 Å². The Morgan fingerprint density at radius 2 is 1.77 bits per heavy atom. The van der Waals surface area contributed by atoms with Crippen molar-refractivity contribution in [2.45, 2.75) is 32.5 Å². The number of nitrogens with zero attached hydrogens (tertiary/aromatic N) is 2. The summed E-state index contributed by atoms with van der Waals surface area (Å²) >= 11 is 1.51. The number of anilines is 2. The molecule has 0 spiro atoms. The highest BCUT2D eigenvalue weighted by Gasteiger charge is 2.21. The van der Waals surface area contributed by atoms with Gasteiger partial charge in [0.2, 0.25) is 0 Å². The second kappa shape index (κ2) is 12.8. The number of aryl methyl sites for hydroxylation is 1. The largest absolute Gasteiger partial charge is 0.465 e. The number of thiophene rings is 1. The molecule has 7 nitrogen and oxygen atoms in total. The van der Waals surface area contributed by atoms with E-state index in [2.05, 4.69) is 45.5 Å². The van der Waals surface area contributed by atoms with Crippen molar-refractivity contribution in [2.24, 2.45) is 0 Å². The molecule has 0 unspecified atom stereocenters. The summed E-state index contributed by atoms with van der Waals surface area (Å²) in [6.45, 7) is 4.13. The summed E-state index contributed by atoms with van der Waals surface area (Å²) in [6, 6.07) is 27.9. The molecule has 5 aromatic rings. The Hall–Kier alpha value is -4.53. The van der Waals surface area contributed by atoms with E-state index < -0.39 is 0 Å². The molecule has 1 amide bonds. The van der Waals surface area contributed by atoms with Gasteiger partial charge in [0.1, 0.15) is 5.82 Å². The molecule has 0 bridgehead atoms. The Morgan fingerprint density at radius 3 is 2.51 bits per heavy atom. The molecule has 1 aliphatic heterocycles. The number of benzene rings is 3. The Bertz CT molecular complexity index is 1740. The number of hydrogen-bond acceptors (Lipinski definition) is 7. The molecule has 0 radical (unpaired) electrons. The Morgan fingerprint density at radius 1 is 0.953 bits per heavy atom. The van der Waals surface area contributed by atoms with Gasteiger partial charge in [0, 0.05) is 17.8 Å². The molecule has 3 heterocycles. The number of methoxy groups -OCH3 is 1. The fourth-order valence-electron chi connectivity index (χ4n) is 5.45. The van der Waals surface area contributed by atoms with E-state index in [0.29, 0.717) is 22.7 Å². The monoisotopic (exact) mass is 591 g/mol. The van der Waals surface area contributed by atoms with Crippen molar-refractivity contribution < 1.29 is 19.1 Å². The SMILES string of the molecule is COC(=O)c1cccc(COC2CCN(c3ccc(NC(=O)c4sc5ccc(-c6ccccc6)cc5c4C)cn3)CC2)c1. The average molecular weight is 592 g/mol. The molecule has 2 aromatic heterocycles. The van der Waals surface area contributed by atoms with Crippen LogP contribution in [0.5, 0.6) is 0 Å². The van der Waals surface area contributed by atoms with Gasteiger partial charge in [-0.15, -0.1) is 11.3 Å². The zero-order valence-electron chi connectivity index (χ0n) is 24.2. The first-order valence-corrected chi connectivity index (χ1v) is 15.2. The van der Waals surface area contributed by atoms with Crippen molar-refractivity contribution in [1.29, 1.82) is 0 Å². The van der Waals surface area contributed by atoms with Crippen molar-refractivity contribution in [2.75, 3.05) is 30.4 Å². The highest BCUT2D eigenvalue weighted by molar-refractivity contribution is 7.21. The van der Waals surface area contributed by atoms with Crippen molar-refractivity contribution in [3.05, 3.63) is 113 Å². The van der Waals surface area contributed by atoms with E-state index in [9.17, 15) is 9.59 Å². The first-order chi connectivity index (χ1) is 21.0. The highest BCUT2D eigenvalue weighted by atomic mass is 32.1. The van der Waals surface area contributed by atoms with Crippen LogP contribution in [0.25, 0.3) is 21.2 Å². The van der Waals surface area contributed by atoms with Crippen LogP contribution in [0.3, 0.4) is 0 Å². The van der Waals surface area contributed by atoms with E-state index in [0.717, 1.165) is 64.1 Å². The maximum atomic E-state index is 13.2. The third-order valence-electron chi connectivity index (χ3n) is 7.86. The second-order valence-electron chi connectivity index (χ2n) is 10.7. The number of esters is 1. The topological polar surface area (TPSA) is 80.8 Å². The van der Waals surface area contributed by atoms with Crippen LogP contribution in [-0.2, 0) is 16.1 Å². The van der Waals surface area contributed by atoms with Crippen molar-refractivity contribution in [3.63, 3.8) is 0 Å². The summed E-state index contributed by atoms with van der Waals surface area (Å²) in [5.74, 6) is 0.416. The number of fused-ring (bicyclic) bond motifs is 1. The third-order valence-corrected chi connectivity index (χ3v) is 9.13. The number of pyridine rings is 1. The molecule has 1 aliphatic rings. The first-order valence-electron chi connectivity index (χ1n) is 14.4. The summed E-state index contributed by atoms with van der Waals surface area (Å²) in [6.07, 6.45) is 3.63. The van der Waals surface area contributed by atoms with Crippen LogP contribution in [-0.4, -0.2) is 43.2 Å². The summed E-state index contributed by atoms with van der Waals surface area (Å²) in [4.78, 5) is 32.6. The predicted octanol–water partition coefficient (Wildman–Crippen LogP) is 7.50. The Labute approximate surface area is 255 Å². The standard InChI is InChI=1S/C35H33N3O4S/c1-23-30-20-26(25-8-4-3-5-9-25)11-13-31(30)43-33(23)34(39)37-28-12-14-32(36-21-28)38-17-15-29(16-18-38)42-22-24-7-6-10-27(19-24)35(40)41-2/h3-14,19-21,29H,15-18,22H2,1-2H3,(H,37,39). The molecule has 0 saturated carbocycles. The van der Waals surface area contributed by atoms with Gasteiger partial charge >= 0.3 is 5.97 Å². The van der Waals surface area contributed by atoms with Crippen LogP contribution in [0.1, 0.15) is 44.0 Å². The van der Waals surface area contributed by atoms with E-state index in [-0.39, 0.29) is 18.0 Å². The van der Waals surface area contributed by atoms with Gasteiger partial charge in [-0.1, -0.05) is 48.5 Å². The zero-order chi connectivity index (χ0) is 29.8.